The van der Waals surface area contributed by atoms with Crippen LogP contribution in [0.4, 0.5) is 4.39 Å². The van der Waals surface area contributed by atoms with E-state index >= 15 is 0 Å². The molecule has 0 spiro atoms. The summed E-state index contributed by atoms with van der Waals surface area (Å²) in [5.41, 5.74) is 4.30. The van der Waals surface area contributed by atoms with Crippen LogP contribution in [-0.4, -0.2) is 7.18 Å². The fraction of sp³-hybridized carbons (Fsp3) is 0.486. The summed E-state index contributed by atoms with van der Waals surface area (Å²) >= 11 is 0. The van der Waals surface area contributed by atoms with E-state index in [9.17, 15) is 4.39 Å². The molecule has 36 heavy (non-hydrogen) atoms. The maximum Gasteiger partial charge on any atom is 0.0785 e. The van der Waals surface area contributed by atoms with Crippen LogP contribution < -0.4 is 0 Å². The van der Waals surface area contributed by atoms with Crippen molar-refractivity contribution in [3.8, 4) is 0 Å². The lowest BCUT2D eigenvalue weighted by atomic mass is 9.91. The number of rotatable bonds is 5. The van der Waals surface area contributed by atoms with Crippen molar-refractivity contribution in [3.05, 3.63) is 108 Å². The van der Waals surface area contributed by atoms with Gasteiger partial charge in [0.25, 0.3) is 0 Å². The zero-order valence-electron chi connectivity index (χ0n) is 25.6. The number of benzene rings is 3. The summed E-state index contributed by atoms with van der Waals surface area (Å²) in [4.78, 5) is 0. The molecule has 0 N–H and O–H groups in total. The monoisotopic (exact) mass is 496 g/mol. The van der Waals surface area contributed by atoms with Crippen molar-refractivity contribution in [2.45, 2.75) is 94.4 Å². The predicted octanol–water partition coefficient (Wildman–Crippen LogP) is 11.8. The molecule has 3 aromatic rings. The SMILES string of the molecule is CC.CC.CC(C)C(C)c1ccccc1.CC(C)Cc1ccccc1.CC(C)c1ccccc1.CF. The highest BCUT2D eigenvalue weighted by Gasteiger charge is 2.07. The van der Waals surface area contributed by atoms with Crippen molar-refractivity contribution in [2.75, 3.05) is 7.18 Å². The van der Waals surface area contributed by atoms with Gasteiger partial charge in [-0.2, -0.15) is 0 Å². The van der Waals surface area contributed by atoms with Crippen molar-refractivity contribution in [2.24, 2.45) is 11.8 Å². The van der Waals surface area contributed by atoms with Gasteiger partial charge in [-0.1, -0.05) is 167 Å². The molecule has 0 saturated carbocycles. The molecule has 0 aromatic heterocycles. The maximum atomic E-state index is 9.50. The molecule has 0 nitrogen and oxygen atoms in total. The van der Waals surface area contributed by atoms with Crippen molar-refractivity contribution in [3.63, 3.8) is 0 Å². The van der Waals surface area contributed by atoms with Crippen LogP contribution in [-0.2, 0) is 6.42 Å². The van der Waals surface area contributed by atoms with Gasteiger partial charge in [0.2, 0.25) is 0 Å². The third-order valence-electron chi connectivity index (χ3n) is 5.28. The molecule has 0 fully saturated rings. The summed E-state index contributed by atoms with van der Waals surface area (Å²) in [6.07, 6.45) is 1.20. The second-order valence-corrected chi connectivity index (χ2v) is 9.09. The molecule has 0 radical (unpaired) electrons. The second kappa shape index (κ2) is 27.2. The first-order valence-corrected chi connectivity index (χ1v) is 13.8. The molecule has 1 unspecified atom stereocenters. The van der Waals surface area contributed by atoms with Crippen molar-refractivity contribution in [1.82, 2.24) is 0 Å². The summed E-state index contributed by atoms with van der Waals surface area (Å²) in [7, 11) is 0.500. The lowest BCUT2D eigenvalue weighted by Crippen LogP contribution is -2.00. The van der Waals surface area contributed by atoms with E-state index in [-0.39, 0.29) is 0 Å². The van der Waals surface area contributed by atoms with Crippen LogP contribution in [0.1, 0.15) is 105 Å². The Bertz CT molecular complexity index is 762. The van der Waals surface area contributed by atoms with Gasteiger partial charge < -0.3 is 0 Å². The van der Waals surface area contributed by atoms with Gasteiger partial charge in [0.1, 0.15) is 0 Å². The smallest absolute Gasteiger partial charge is 0.0785 e. The average Bonchev–Trinajstić information content (AvgIpc) is 2.93. The van der Waals surface area contributed by atoms with E-state index < -0.39 is 0 Å². The van der Waals surface area contributed by atoms with Gasteiger partial charge in [0, 0.05) is 0 Å². The minimum Gasteiger partial charge on any atom is -0.255 e. The first-order chi connectivity index (χ1) is 17.3. The Hall–Kier alpha value is -2.41. The molecular formula is C35H57F. The molecule has 0 bridgehead atoms. The Morgan fingerprint density at radius 3 is 1.11 bits per heavy atom. The highest BCUT2D eigenvalue weighted by atomic mass is 19.1. The molecule has 0 amide bonds. The average molecular weight is 497 g/mol. The largest absolute Gasteiger partial charge is 0.255 e. The number of alkyl halides is 1. The Morgan fingerprint density at radius 1 is 0.500 bits per heavy atom. The molecule has 0 heterocycles. The minimum absolute atomic E-state index is 0.500. The highest BCUT2D eigenvalue weighted by Crippen LogP contribution is 2.22. The third-order valence-corrected chi connectivity index (χ3v) is 5.28. The van der Waals surface area contributed by atoms with E-state index in [4.69, 9.17) is 0 Å². The fourth-order valence-electron chi connectivity index (χ4n) is 3.06. The van der Waals surface area contributed by atoms with Crippen molar-refractivity contribution >= 4 is 0 Å². The van der Waals surface area contributed by atoms with Gasteiger partial charge >= 0.3 is 0 Å². The number of hydrogen-bond acceptors (Lipinski definition) is 0. The lowest BCUT2D eigenvalue weighted by molar-refractivity contribution is 0.535. The Kier molecular flexibility index (Phi) is 28.8. The van der Waals surface area contributed by atoms with Crippen LogP contribution >= 0.6 is 0 Å². The van der Waals surface area contributed by atoms with E-state index in [2.05, 4.69) is 133 Å². The Morgan fingerprint density at radius 2 is 0.833 bits per heavy atom. The van der Waals surface area contributed by atoms with Crippen LogP contribution in [0.5, 0.6) is 0 Å². The zero-order valence-corrected chi connectivity index (χ0v) is 25.6. The van der Waals surface area contributed by atoms with Crippen LogP contribution in [0.3, 0.4) is 0 Å². The summed E-state index contributed by atoms with van der Waals surface area (Å²) < 4.78 is 9.50. The summed E-state index contributed by atoms with van der Waals surface area (Å²) in [5.74, 6) is 2.84. The van der Waals surface area contributed by atoms with Crippen molar-refractivity contribution in [1.29, 1.82) is 0 Å². The first kappa shape index (κ1) is 38.1. The van der Waals surface area contributed by atoms with Crippen molar-refractivity contribution < 1.29 is 4.39 Å². The molecule has 204 valence electrons. The molecule has 3 rings (SSSR count). The van der Waals surface area contributed by atoms with Gasteiger partial charge in [-0.3, -0.25) is 4.39 Å². The zero-order chi connectivity index (χ0) is 28.4. The number of halogens is 1. The summed E-state index contributed by atoms with van der Waals surface area (Å²) in [6.45, 7) is 23.7. The van der Waals surface area contributed by atoms with Gasteiger partial charge in [-0.25, -0.2) is 0 Å². The van der Waals surface area contributed by atoms with Gasteiger partial charge in [-0.05, 0) is 46.8 Å². The minimum atomic E-state index is 0.500. The third kappa shape index (κ3) is 20.9. The van der Waals surface area contributed by atoms with E-state index in [0.29, 0.717) is 19.0 Å². The summed E-state index contributed by atoms with van der Waals surface area (Å²) in [6, 6.07) is 31.8. The fourth-order valence-corrected chi connectivity index (χ4v) is 3.06. The molecular weight excluding hydrogens is 439 g/mol. The molecule has 3 aromatic carbocycles. The Labute approximate surface area is 225 Å². The van der Waals surface area contributed by atoms with Gasteiger partial charge in [-0.15, -0.1) is 0 Å². The standard InChI is InChI=1S/C11H16.C10H14.C9H12.2C2H6.CH3F/c1-9(2)10(3)11-7-5-4-6-8-11;1-9(2)8-10-6-4-3-5-7-10;1-8(2)9-6-4-3-5-7-9;3*1-2/h4-10H,1-3H3;3-7,9H,8H2,1-2H3;3-8H,1-2H3;2*1-2H3;1H3. The van der Waals surface area contributed by atoms with Crippen LogP contribution in [0.25, 0.3) is 0 Å². The summed E-state index contributed by atoms with van der Waals surface area (Å²) in [5, 5.41) is 0. The quantitative estimate of drug-likeness (QED) is 0.329. The first-order valence-electron chi connectivity index (χ1n) is 13.8. The topological polar surface area (TPSA) is 0 Å². The van der Waals surface area contributed by atoms with Gasteiger partial charge in [0.15, 0.2) is 0 Å². The normalized spacial score (nSPS) is 10.0. The molecule has 0 saturated heterocycles. The van der Waals surface area contributed by atoms with Crippen LogP contribution in [0, 0.1) is 11.8 Å². The lowest BCUT2D eigenvalue weighted by Gasteiger charge is -2.15. The van der Waals surface area contributed by atoms with Gasteiger partial charge in [0.05, 0.1) is 7.18 Å². The number of hydrogen-bond donors (Lipinski definition) is 0. The van der Waals surface area contributed by atoms with E-state index in [0.717, 1.165) is 11.8 Å². The maximum absolute atomic E-state index is 9.50. The van der Waals surface area contributed by atoms with Crippen LogP contribution in [0.15, 0.2) is 91.0 Å². The van der Waals surface area contributed by atoms with E-state index in [1.165, 1.54) is 23.1 Å². The Balaban J connectivity index is -0.000000411. The highest BCUT2D eigenvalue weighted by molar-refractivity contribution is 5.19. The molecule has 0 aliphatic heterocycles. The second-order valence-electron chi connectivity index (χ2n) is 9.09. The van der Waals surface area contributed by atoms with E-state index in [1.54, 1.807) is 0 Å². The molecule has 0 aliphatic carbocycles. The molecule has 1 atom stereocenters. The van der Waals surface area contributed by atoms with E-state index in [1.807, 2.05) is 33.8 Å². The molecule has 0 aliphatic rings. The molecule has 1 heteroatoms. The van der Waals surface area contributed by atoms with Crippen LogP contribution in [0.2, 0.25) is 0 Å². The predicted molar refractivity (Wildman–Crippen MR) is 165 cm³/mol.